The molecule has 0 aromatic heterocycles. The summed E-state index contributed by atoms with van der Waals surface area (Å²) in [7, 11) is 0. The molecule has 1 amide bonds. The minimum Gasteiger partial charge on any atom is -0.394 e. The van der Waals surface area contributed by atoms with Crippen LogP contribution in [0.25, 0.3) is 0 Å². The molecule has 0 aliphatic heterocycles. The zero-order chi connectivity index (χ0) is 9.73. The van der Waals surface area contributed by atoms with Crippen molar-refractivity contribution in [3.05, 3.63) is 0 Å². The maximum Gasteiger partial charge on any atom is 0.231 e. The van der Waals surface area contributed by atoms with Crippen LogP contribution in [0.5, 0.6) is 0 Å². The molecule has 13 heavy (non-hydrogen) atoms. The summed E-state index contributed by atoms with van der Waals surface area (Å²) >= 11 is 0. The van der Waals surface area contributed by atoms with Gasteiger partial charge in [0.1, 0.15) is 0 Å². The van der Waals surface area contributed by atoms with Crippen LogP contribution in [0.4, 0.5) is 0 Å². The highest BCUT2D eigenvalue weighted by Gasteiger charge is 2.30. The summed E-state index contributed by atoms with van der Waals surface area (Å²) in [6.07, 6.45) is 5.34. The molecule has 0 radical (unpaired) electrons. The van der Waals surface area contributed by atoms with E-state index < -0.39 is 0 Å². The fourth-order valence-electron chi connectivity index (χ4n) is 1.89. The van der Waals surface area contributed by atoms with Crippen molar-refractivity contribution in [2.75, 3.05) is 13.2 Å². The lowest BCUT2D eigenvalue weighted by Gasteiger charge is -2.36. The van der Waals surface area contributed by atoms with Gasteiger partial charge in [0.2, 0.25) is 5.91 Å². The smallest absolute Gasteiger partial charge is 0.231 e. The number of hydrogen-bond donors (Lipinski definition) is 3. The molecule has 0 heterocycles. The number of nitrogens with one attached hydrogen (secondary N) is 1. The van der Waals surface area contributed by atoms with E-state index in [0.717, 1.165) is 25.7 Å². The van der Waals surface area contributed by atoms with Crippen molar-refractivity contribution in [1.29, 1.82) is 0 Å². The van der Waals surface area contributed by atoms with E-state index in [0.29, 0.717) is 0 Å². The summed E-state index contributed by atoms with van der Waals surface area (Å²) in [6, 6.07) is 0. The summed E-state index contributed by atoms with van der Waals surface area (Å²) in [6.45, 7) is 0.265. The normalized spacial score (nSPS) is 21.3. The fourth-order valence-corrected chi connectivity index (χ4v) is 1.89. The maximum absolute atomic E-state index is 10.6. The molecule has 0 aromatic carbocycles. The van der Waals surface area contributed by atoms with Crippen molar-refractivity contribution in [3.8, 4) is 0 Å². The predicted octanol–water partition coefficient (Wildman–Crippen LogP) is -0.244. The Morgan fingerprint density at radius 2 is 2.00 bits per heavy atom. The Bertz CT molecular complexity index is 176. The largest absolute Gasteiger partial charge is 0.394 e. The molecule has 1 aliphatic rings. The molecule has 0 spiro atoms. The Morgan fingerprint density at radius 3 is 2.46 bits per heavy atom. The number of carbonyl (C=O) groups is 1. The quantitative estimate of drug-likeness (QED) is 0.567. The molecule has 0 atom stereocenters. The third-order valence-corrected chi connectivity index (χ3v) is 2.75. The zero-order valence-electron chi connectivity index (χ0n) is 7.88. The van der Waals surface area contributed by atoms with Crippen LogP contribution < -0.4 is 11.1 Å². The van der Waals surface area contributed by atoms with Gasteiger partial charge in [-0.15, -0.1) is 0 Å². The molecular weight excluding hydrogens is 168 g/mol. The first kappa shape index (κ1) is 10.5. The second-order valence-electron chi connectivity index (χ2n) is 3.82. The van der Waals surface area contributed by atoms with Crippen molar-refractivity contribution in [2.45, 2.75) is 37.6 Å². The first-order valence-corrected chi connectivity index (χ1v) is 4.83. The molecule has 4 nitrogen and oxygen atoms in total. The molecule has 1 fully saturated rings. The molecule has 1 aliphatic carbocycles. The Hall–Kier alpha value is -0.610. The predicted molar refractivity (Wildman–Crippen MR) is 50.1 cm³/mol. The summed E-state index contributed by atoms with van der Waals surface area (Å²) in [4.78, 5) is 10.6. The highest BCUT2D eigenvalue weighted by Crippen LogP contribution is 2.27. The van der Waals surface area contributed by atoms with Crippen LogP contribution in [0.1, 0.15) is 32.1 Å². The Balaban J connectivity index is 2.42. The second kappa shape index (κ2) is 4.58. The van der Waals surface area contributed by atoms with Crippen molar-refractivity contribution < 1.29 is 9.90 Å². The highest BCUT2D eigenvalue weighted by molar-refractivity contribution is 5.76. The lowest BCUT2D eigenvalue weighted by Crippen LogP contribution is -2.52. The van der Waals surface area contributed by atoms with E-state index in [9.17, 15) is 9.90 Å². The molecule has 4 heteroatoms. The summed E-state index contributed by atoms with van der Waals surface area (Å²) in [5.41, 5.74) is 4.80. The standard InChI is InChI=1S/C9H18N2O2/c10-8(13)6-11-9(7-12)4-2-1-3-5-9/h11-12H,1-7H2,(H2,10,13). The van der Waals surface area contributed by atoms with Gasteiger partial charge in [-0.05, 0) is 12.8 Å². The number of primary amides is 1. The Kier molecular flexibility index (Phi) is 3.69. The van der Waals surface area contributed by atoms with Gasteiger partial charge in [-0.3, -0.25) is 4.79 Å². The minimum absolute atomic E-state index is 0.0975. The average molecular weight is 186 g/mol. The summed E-state index contributed by atoms with van der Waals surface area (Å²) < 4.78 is 0. The number of amides is 1. The molecule has 0 bridgehead atoms. The van der Waals surface area contributed by atoms with Gasteiger partial charge < -0.3 is 16.2 Å². The zero-order valence-corrected chi connectivity index (χ0v) is 7.88. The second-order valence-corrected chi connectivity index (χ2v) is 3.82. The number of aliphatic hydroxyl groups is 1. The van der Waals surface area contributed by atoms with Gasteiger partial charge in [-0.2, -0.15) is 0 Å². The molecule has 4 N–H and O–H groups in total. The summed E-state index contributed by atoms with van der Waals surface area (Å²) in [5.74, 6) is -0.363. The van der Waals surface area contributed by atoms with Gasteiger partial charge in [-0.1, -0.05) is 19.3 Å². The van der Waals surface area contributed by atoms with Gasteiger partial charge in [0.15, 0.2) is 0 Å². The van der Waals surface area contributed by atoms with E-state index in [1.165, 1.54) is 6.42 Å². The monoisotopic (exact) mass is 186 g/mol. The van der Waals surface area contributed by atoms with Gasteiger partial charge >= 0.3 is 0 Å². The average Bonchev–Trinajstić information content (AvgIpc) is 2.16. The first-order chi connectivity index (χ1) is 6.18. The molecule has 76 valence electrons. The van der Waals surface area contributed by atoms with Crippen LogP contribution in [-0.4, -0.2) is 29.7 Å². The third-order valence-electron chi connectivity index (χ3n) is 2.75. The maximum atomic E-state index is 10.6. The number of rotatable bonds is 4. The lowest BCUT2D eigenvalue weighted by atomic mass is 9.82. The molecule has 1 rings (SSSR count). The van der Waals surface area contributed by atoms with Crippen LogP contribution in [-0.2, 0) is 4.79 Å². The van der Waals surface area contributed by atoms with Crippen LogP contribution in [0.2, 0.25) is 0 Å². The number of carbonyl (C=O) groups excluding carboxylic acids is 1. The molecular formula is C9H18N2O2. The van der Waals surface area contributed by atoms with Gasteiger partial charge in [-0.25, -0.2) is 0 Å². The van der Waals surface area contributed by atoms with Crippen LogP contribution in [0, 0.1) is 0 Å². The molecule has 0 unspecified atom stereocenters. The van der Waals surface area contributed by atoms with Gasteiger partial charge in [0, 0.05) is 5.54 Å². The van der Waals surface area contributed by atoms with Crippen LogP contribution in [0.3, 0.4) is 0 Å². The third kappa shape index (κ3) is 2.97. The van der Waals surface area contributed by atoms with Crippen molar-refractivity contribution >= 4 is 5.91 Å². The Labute approximate surface area is 78.5 Å². The van der Waals surface area contributed by atoms with Crippen LogP contribution in [0.15, 0.2) is 0 Å². The molecule has 0 aromatic rings. The molecule has 1 saturated carbocycles. The van der Waals surface area contributed by atoms with E-state index in [1.54, 1.807) is 0 Å². The fraction of sp³-hybridized carbons (Fsp3) is 0.889. The summed E-state index contributed by atoms with van der Waals surface area (Å²) in [5, 5.41) is 12.3. The van der Waals surface area contributed by atoms with Crippen molar-refractivity contribution in [1.82, 2.24) is 5.32 Å². The van der Waals surface area contributed by atoms with E-state index in [4.69, 9.17) is 5.73 Å². The highest BCUT2D eigenvalue weighted by atomic mass is 16.3. The van der Waals surface area contributed by atoms with Crippen molar-refractivity contribution in [3.63, 3.8) is 0 Å². The van der Waals surface area contributed by atoms with E-state index in [-0.39, 0.29) is 24.6 Å². The first-order valence-electron chi connectivity index (χ1n) is 4.83. The number of hydrogen-bond acceptors (Lipinski definition) is 3. The lowest BCUT2D eigenvalue weighted by molar-refractivity contribution is -0.117. The molecule has 0 saturated heterocycles. The van der Waals surface area contributed by atoms with E-state index >= 15 is 0 Å². The van der Waals surface area contributed by atoms with Crippen molar-refractivity contribution in [2.24, 2.45) is 5.73 Å². The van der Waals surface area contributed by atoms with E-state index in [2.05, 4.69) is 5.32 Å². The minimum atomic E-state index is -0.363. The Morgan fingerprint density at radius 1 is 1.38 bits per heavy atom. The van der Waals surface area contributed by atoms with E-state index in [1.807, 2.05) is 0 Å². The topological polar surface area (TPSA) is 75.4 Å². The number of nitrogens with two attached hydrogens (primary N) is 1. The van der Waals surface area contributed by atoms with Gasteiger partial charge in [0.25, 0.3) is 0 Å². The van der Waals surface area contributed by atoms with Crippen LogP contribution >= 0.6 is 0 Å². The number of aliphatic hydroxyl groups excluding tert-OH is 1. The SMILES string of the molecule is NC(=O)CNC1(CO)CCCCC1. The van der Waals surface area contributed by atoms with Gasteiger partial charge in [0.05, 0.1) is 13.2 Å².